The van der Waals surface area contributed by atoms with Crippen LogP contribution in [0, 0.1) is 33.5 Å². The van der Waals surface area contributed by atoms with Crippen molar-refractivity contribution < 1.29 is 13.9 Å². The summed E-state index contributed by atoms with van der Waals surface area (Å²) in [6, 6.07) is 12.1. The normalized spacial score (nSPS) is 11.1. The Balaban J connectivity index is 1.65. The monoisotopic (exact) mass is 446 g/mol. The molecule has 6 nitrogen and oxygen atoms in total. The second-order valence-electron chi connectivity index (χ2n) is 8.20. The summed E-state index contributed by atoms with van der Waals surface area (Å²) >= 11 is 0. The van der Waals surface area contributed by atoms with Gasteiger partial charge in [0.2, 0.25) is 11.8 Å². The number of aryl methyl sites for hydroxylation is 3. The first-order chi connectivity index (χ1) is 15.8. The number of halogens is 1. The van der Waals surface area contributed by atoms with Crippen LogP contribution in [0.15, 0.2) is 42.5 Å². The van der Waals surface area contributed by atoms with E-state index < -0.39 is 0 Å². The standard InChI is InChI=1S/C26H27FN4O2/c1-15-8-6-11-22(16(15)2)28-23(32)13-12-21-17(3)24-18(4)30-31(25(24)29-26(21)33-5)20-10-7-9-19(27)14-20/h6-11,14H,12-13H2,1-5H3,(H,28,32). The van der Waals surface area contributed by atoms with Gasteiger partial charge in [0.15, 0.2) is 5.65 Å². The van der Waals surface area contributed by atoms with Crippen molar-refractivity contribution in [2.75, 3.05) is 12.4 Å². The fraction of sp³-hybridized carbons (Fsp3) is 0.269. The van der Waals surface area contributed by atoms with Crippen LogP contribution in [0.4, 0.5) is 10.1 Å². The molecule has 7 heteroatoms. The zero-order chi connectivity index (χ0) is 23.7. The van der Waals surface area contributed by atoms with E-state index in [0.29, 0.717) is 23.6 Å². The molecule has 33 heavy (non-hydrogen) atoms. The van der Waals surface area contributed by atoms with E-state index in [0.717, 1.165) is 39.0 Å². The first kappa shape index (κ1) is 22.5. The van der Waals surface area contributed by atoms with Gasteiger partial charge in [-0.1, -0.05) is 18.2 Å². The highest BCUT2D eigenvalue weighted by molar-refractivity contribution is 5.92. The highest BCUT2D eigenvalue weighted by Crippen LogP contribution is 2.32. The SMILES string of the molecule is COc1nc2c(c(C)nn2-c2cccc(F)c2)c(C)c1CCC(=O)Nc1cccc(C)c1C. The highest BCUT2D eigenvalue weighted by atomic mass is 19.1. The number of nitrogens with one attached hydrogen (secondary N) is 1. The molecule has 4 rings (SSSR count). The largest absolute Gasteiger partial charge is 0.481 e. The second kappa shape index (κ2) is 9.02. The number of pyridine rings is 1. The van der Waals surface area contributed by atoms with E-state index in [1.807, 2.05) is 45.9 Å². The van der Waals surface area contributed by atoms with Crippen LogP contribution in [0.5, 0.6) is 5.88 Å². The summed E-state index contributed by atoms with van der Waals surface area (Å²) in [5.41, 5.74) is 6.79. The fourth-order valence-corrected chi connectivity index (χ4v) is 4.12. The Morgan fingerprint density at radius 3 is 2.58 bits per heavy atom. The molecule has 0 aliphatic heterocycles. The Labute approximate surface area is 192 Å². The molecule has 0 spiro atoms. The summed E-state index contributed by atoms with van der Waals surface area (Å²) in [5.74, 6) is 0.0264. The van der Waals surface area contributed by atoms with E-state index in [4.69, 9.17) is 9.72 Å². The number of nitrogens with zero attached hydrogens (tertiary/aromatic N) is 3. The summed E-state index contributed by atoms with van der Waals surface area (Å²) in [6.07, 6.45) is 0.758. The third kappa shape index (κ3) is 4.31. The molecule has 2 aromatic carbocycles. The number of amides is 1. The predicted molar refractivity (Wildman–Crippen MR) is 128 cm³/mol. The Bertz CT molecular complexity index is 1360. The van der Waals surface area contributed by atoms with Gasteiger partial charge in [-0.25, -0.2) is 9.07 Å². The maximum atomic E-state index is 13.8. The molecule has 0 saturated heterocycles. The summed E-state index contributed by atoms with van der Waals surface area (Å²) in [5, 5.41) is 8.49. The third-order valence-corrected chi connectivity index (χ3v) is 6.06. The number of anilines is 1. The van der Waals surface area contributed by atoms with Crippen LogP contribution in [-0.2, 0) is 11.2 Å². The van der Waals surface area contributed by atoms with Gasteiger partial charge in [0, 0.05) is 23.1 Å². The molecule has 1 amide bonds. The molecule has 0 atom stereocenters. The molecule has 0 saturated carbocycles. The number of carbonyl (C=O) groups is 1. The summed E-state index contributed by atoms with van der Waals surface area (Å²) in [7, 11) is 1.56. The van der Waals surface area contributed by atoms with Crippen molar-refractivity contribution in [2.24, 2.45) is 0 Å². The maximum absolute atomic E-state index is 13.8. The molecule has 4 aromatic rings. The molecule has 170 valence electrons. The van der Waals surface area contributed by atoms with E-state index in [1.54, 1.807) is 23.9 Å². The number of hydrogen-bond donors (Lipinski definition) is 1. The Morgan fingerprint density at radius 1 is 1.09 bits per heavy atom. The van der Waals surface area contributed by atoms with Gasteiger partial charge in [-0.15, -0.1) is 0 Å². The van der Waals surface area contributed by atoms with Gasteiger partial charge in [0.25, 0.3) is 0 Å². The highest BCUT2D eigenvalue weighted by Gasteiger charge is 2.20. The van der Waals surface area contributed by atoms with Crippen molar-refractivity contribution in [1.29, 1.82) is 0 Å². The molecule has 0 aliphatic carbocycles. The van der Waals surface area contributed by atoms with Crippen LogP contribution in [0.25, 0.3) is 16.7 Å². The zero-order valence-corrected chi connectivity index (χ0v) is 19.5. The van der Waals surface area contributed by atoms with Crippen molar-refractivity contribution in [2.45, 2.75) is 40.5 Å². The van der Waals surface area contributed by atoms with Crippen LogP contribution in [0.3, 0.4) is 0 Å². The Hall–Kier alpha value is -3.74. The van der Waals surface area contributed by atoms with Gasteiger partial charge in [-0.05, 0) is 75.1 Å². The number of fused-ring (bicyclic) bond motifs is 1. The van der Waals surface area contributed by atoms with Crippen LogP contribution in [-0.4, -0.2) is 27.8 Å². The predicted octanol–water partition coefficient (Wildman–Crippen LogP) is 5.37. The minimum absolute atomic E-state index is 0.0718. The van der Waals surface area contributed by atoms with Crippen molar-refractivity contribution in [3.05, 3.63) is 76.2 Å². The average Bonchev–Trinajstić information content (AvgIpc) is 3.12. The number of ether oxygens (including phenoxy) is 1. The summed E-state index contributed by atoms with van der Waals surface area (Å²) < 4.78 is 21.0. The van der Waals surface area contributed by atoms with Crippen molar-refractivity contribution >= 4 is 22.6 Å². The number of hydrogen-bond acceptors (Lipinski definition) is 4. The minimum Gasteiger partial charge on any atom is -0.481 e. The van der Waals surface area contributed by atoms with Gasteiger partial charge in [0.1, 0.15) is 5.82 Å². The van der Waals surface area contributed by atoms with Crippen molar-refractivity contribution in [3.8, 4) is 11.6 Å². The van der Waals surface area contributed by atoms with Crippen molar-refractivity contribution in [3.63, 3.8) is 0 Å². The van der Waals surface area contributed by atoms with E-state index >= 15 is 0 Å². The molecule has 0 bridgehead atoms. The lowest BCUT2D eigenvalue weighted by Gasteiger charge is -2.14. The summed E-state index contributed by atoms with van der Waals surface area (Å²) in [4.78, 5) is 17.4. The first-order valence-corrected chi connectivity index (χ1v) is 10.8. The van der Waals surface area contributed by atoms with Gasteiger partial charge in [0.05, 0.1) is 18.5 Å². The van der Waals surface area contributed by atoms with Crippen LogP contribution in [0.1, 0.15) is 34.4 Å². The maximum Gasteiger partial charge on any atom is 0.224 e. The van der Waals surface area contributed by atoms with E-state index in [-0.39, 0.29) is 18.1 Å². The van der Waals surface area contributed by atoms with E-state index in [9.17, 15) is 9.18 Å². The lowest BCUT2D eigenvalue weighted by molar-refractivity contribution is -0.116. The van der Waals surface area contributed by atoms with Gasteiger partial charge in [-0.3, -0.25) is 4.79 Å². The minimum atomic E-state index is -0.344. The molecule has 1 N–H and O–H groups in total. The van der Waals surface area contributed by atoms with Crippen LogP contribution < -0.4 is 10.1 Å². The fourth-order valence-electron chi connectivity index (χ4n) is 4.12. The number of aromatic nitrogens is 3. The van der Waals surface area contributed by atoms with Crippen LogP contribution in [0.2, 0.25) is 0 Å². The first-order valence-electron chi connectivity index (χ1n) is 10.8. The molecule has 0 unspecified atom stereocenters. The second-order valence-corrected chi connectivity index (χ2v) is 8.20. The summed E-state index contributed by atoms with van der Waals surface area (Å²) in [6.45, 7) is 7.90. The zero-order valence-electron chi connectivity index (χ0n) is 19.5. The number of benzene rings is 2. The van der Waals surface area contributed by atoms with Gasteiger partial charge >= 0.3 is 0 Å². The molecule has 0 aliphatic rings. The van der Waals surface area contributed by atoms with E-state index in [1.165, 1.54) is 12.1 Å². The van der Waals surface area contributed by atoms with Gasteiger partial charge < -0.3 is 10.1 Å². The van der Waals surface area contributed by atoms with Crippen molar-refractivity contribution in [1.82, 2.24) is 14.8 Å². The number of carbonyl (C=O) groups excluding carboxylic acids is 1. The lowest BCUT2D eigenvalue weighted by atomic mass is 10.0. The lowest BCUT2D eigenvalue weighted by Crippen LogP contribution is -2.14. The number of rotatable bonds is 6. The molecule has 0 radical (unpaired) electrons. The average molecular weight is 447 g/mol. The molecule has 2 aromatic heterocycles. The van der Waals surface area contributed by atoms with Crippen LogP contribution >= 0.6 is 0 Å². The topological polar surface area (TPSA) is 69.0 Å². The third-order valence-electron chi connectivity index (χ3n) is 6.06. The smallest absolute Gasteiger partial charge is 0.224 e. The number of methoxy groups -OCH3 is 1. The Morgan fingerprint density at radius 2 is 1.85 bits per heavy atom. The molecule has 2 heterocycles. The van der Waals surface area contributed by atoms with E-state index in [2.05, 4.69) is 10.4 Å². The molecule has 0 fully saturated rings. The van der Waals surface area contributed by atoms with Gasteiger partial charge in [-0.2, -0.15) is 10.1 Å². The molecular formula is C26H27FN4O2. The Kier molecular flexibility index (Phi) is 6.14. The molecular weight excluding hydrogens is 419 g/mol. The quantitative estimate of drug-likeness (QED) is 0.432.